The van der Waals surface area contributed by atoms with E-state index in [0.717, 1.165) is 22.6 Å². The Labute approximate surface area is 129 Å². The standard InChI is InChI=1S/C17H18ClNO2/c1-3-16(15-9-5-4-7-13(15)2)19(17(20)11-18)12-14-8-6-10-21-14/h3-10H,11-12H2,1-2H3. The zero-order valence-electron chi connectivity index (χ0n) is 12.2. The molecule has 0 saturated heterocycles. The van der Waals surface area contributed by atoms with E-state index < -0.39 is 0 Å². The summed E-state index contributed by atoms with van der Waals surface area (Å²) in [5.74, 6) is 0.509. The van der Waals surface area contributed by atoms with Crippen molar-refractivity contribution in [2.75, 3.05) is 5.88 Å². The lowest BCUT2D eigenvalue weighted by molar-refractivity contribution is -0.125. The summed E-state index contributed by atoms with van der Waals surface area (Å²) in [4.78, 5) is 13.9. The molecule has 2 rings (SSSR count). The fraction of sp³-hybridized carbons (Fsp3) is 0.235. The molecule has 1 aromatic heterocycles. The Bertz CT molecular complexity index is 632. The number of rotatable bonds is 5. The second-order valence-electron chi connectivity index (χ2n) is 4.68. The van der Waals surface area contributed by atoms with Crippen LogP contribution in [0.25, 0.3) is 5.70 Å². The first kappa shape index (κ1) is 15.4. The highest BCUT2D eigenvalue weighted by Gasteiger charge is 2.20. The van der Waals surface area contributed by atoms with E-state index in [1.807, 2.05) is 56.3 Å². The van der Waals surface area contributed by atoms with Crippen LogP contribution in [-0.4, -0.2) is 16.7 Å². The average molecular weight is 304 g/mol. The summed E-state index contributed by atoms with van der Waals surface area (Å²) >= 11 is 5.77. The number of hydrogen-bond donors (Lipinski definition) is 0. The number of carbonyl (C=O) groups excluding carboxylic acids is 1. The van der Waals surface area contributed by atoms with E-state index in [2.05, 4.69) is 0 Å². The highest BCUT2D eigenvalue weighted by atomic mass is 35.5. The molecule has 1 aromatic carbocycles. The van der Waals surface area contributed by atoms with Crippen molar-refractivity contribution in [1.82, 2.24) is 4.90 Å². The highest BCUT2D eigenvalue weighted by Crippen LogP contribution is 2.25. The van der Waals surface area contributed by atoms with Crippen molar-refractivity contribution in [2.45, 2.75) is 20.4 Å². The summed E-state index contributed by atoms with van der Waals surface area (Å²) in [6, 6.07) is 11.6. The van der Waals surface area contributed by atoms with Crippen LogP contribution in [0.5, 0.6) is 0 Å². The van der Waals surface area contributed by atoms with Crippen LogP contribution in [0, 0.1) is 6.92 Å². The molecule has 3 nitrogen and oxygen atoms in total. The van der Waals surface area contributed by atoms with Gasteiger partial charge in [-0.1, -0.05) is 30.3 Å². The third-order valence-electron chi connectivity index (χ3n) is 3.29. The summed E-state index contributed by atoms with van der Waals surface area (Å²) in [7, 11) is 0. The van der Waals surface area contributed by atoms with Gasteiger partial charge in [0, 0.05) is 11.3 Å². The Hall–Kier alpha value is -2.00. The van der Waals surface area contributed by atoms with E-state index in [-0.39, 0.29) is 11.8 Å². The van der Waals surface area contributed by atoms with Crippen LogP contribution < -0.4 is 0 Å². The number of furan rings is 1. The van der Waals surface area contributed by atoms with Crippen molar-refractivity contribution in [1.29, 1.82) is 0 Å². The maximum atomic E-state index is 12.2. The zero-order valence-corrected chi connectivity index (χ0v) is 12.9. The first-order chi connectivity index (χ1) is 10.2. The normalized spacial score (nSPS) is 11.5. The molecule has 2 aromatic rings. The first-order valence-electron chi connectivity index (χ1n) is 6.78. The van der Waals surface area contributed by atoms with Gasteiger partial charge in [-0.05, 0) is 31.5 Å². The third-order valence-corrected chi connectivity index (χ3v) is 3.52. The molecule has 21 heavy (non-hydrogen) atoms. The molecule has 0 aliphatic rings. The maximum absolute atomic E-state index is 12.2. The number of aryl methyl sites for hydroxylation is 1. The molecule has 0 radical (unpaired) electrons. The molecular weight excluding hydrogens is 286 g/mol. The fourth-order valence-electron chi connectivity index (χ4n) is 2.26. The molecule has 0 aliphatic carbocycles. The molecule has 0 N–H and O–H groups in total. The Balaban J connectivity index is 2.39. The molecule has 0 spiro atoms. The molecule has 1 amide bonds. The van der Waals surface area contributed by atoms with E-state index in [4.69, 9.17) is 16.0 Å². The van der Waals surface area contributed by atoms with Crippen molar-refractivity contribution in [3.8, 4) is 0 Å². The molecule has 0 atom stereocenters. The topological polar surface area (TPSA) is 33.5 Å². The molecule has 0 fully saturated rings. The van der Waals surface area contributed by atoms with E-state index >= 15 is 0 Å². The van der Waals surface area contributed by atoms with Gasteiger partial charge in [0.1, 0.15) is 11.6 Å². The number of carbonyl (C=O) groups is 1. The average Bonchev–Trinajstić information content (AvgIpc) is 3.01. The number of allylic oxidation sites excluding steroid dienone is 1. The highest BCUT2D eigenvalue weighted by molar-refractivity contribution is 6.27. The first-order valence-corrected chi connectivity index (χ1v) is 7.31. The minimum absolute atomic E-state index is 0.0655. The van der Waals surface area contributed by atoms with Crippen LogP contribution in [0.2, 0.25) is 0 Å². The second kappa shape index (κ2) is 7.14. The quantitative estimate of drug-likeness (QED) is 0.775. The van der Waals surface area contributed by atoms with Crippen LogP contribution in [0.3, 0.4) is 0 Å². The van der Waals surface area contributed by atoms with Crippen molar-refractivity contribution in [3.05, 3.63) is 65.6 Å². The maximum Gasteiger partial charge on any atom is 0.242 e. The third kappa shape index (κ3) is 3.56. The second-order valence-corrected chi connectivity index (χ2v) is 4.95. The van der Waals surface area contributed by atoms with Gasteiger partial charge in [-0.25, -0.2) is 0 Å². The monoisotopic (exact) mass is 303 g/mol. The summed E-state index contributed by atoms with van der Waals surface area (Å²) in [6.07, 6.45) is 3.53. The fourth-order valence-corrected chi connectivity index (χ4v) is 2.40. The smallest absolute Gasteiger partial charge is 0.242 e. The number of amides is 1. The van der Waals surface area contributed by atoms with Gasteiger partial charge < -0.3 is 9.32 Å². The molecule has 1 heterocycles. The van der Waals surface area contributed by atoms with Gasteiger partial charge in [0.15, 0.2) is 0 Å². The zero-order chi connectivity index (χ0) is 15.2. The number of alkyl halides is 1. The number of halogens is 1. The van der Waals surface area contributed by atoms with Crippen LogP contribution in [0.4, 0.5) is 0 Å². The SMILES string of the molecule is CC=C(c1ccccc1C)N(Cc1ccco1)C(=O)CCl. The van der Waals surface area contributed by atoms with Crippen LogP contribution in [0.15, 0.2) is 53.2 Å². The van der Waals surface area contributed by atoms with Gasteiger partial charge in [0.25, 0.3) is 0 Å². The van der Waals surface area contributed by atoms with Gasteiger partial charge in [-0.2, -0.15) is 0 Å². The lowest BCUT2D eigenvalue weighted by atomic mass is 10.0. The van der Waals surface area contributed by atoms with Crippen molar-refractivity contribution in [3.63, 3.8) is 0 Å². The van der Waals surface area contributed by atoms with Crippen LogP contribution >= 0.6 is 11.6 Å². The number of hydrogen-bond acceptors (Lipinski definition) is 2. The van der Waals surface area contributed by atoms with Crippen LogP contribution in [-0.2, 0) is 11.3 Å². The molecule has 0 saturated carbocycles. The number of nitrogens with zero attached hydrogens (tertiary/aromatic N) is 1. The van der Waals surface area contributed by atoms with Crippen LogP contribution in [0.1, 0.15) is 23.8 Å². The van der Waals surface area contributed by atoms with Gasteiger partial charge in [0.2, 0.25) is 5.91 Å². The lowest BCUT2D eigenvalue weighted by Crippen LogP contribution is -2.30. The molecule has 110 valence electrons. The minimum Gasteiger partial charge on any atom is -0.467 e. The molecule has 4 heteroatoms. The van der Waals surface area contributed by atoms with Gasteiger partial charge in [0.05, 0.1) is 12.8 Å². The molecule has 0 aliphatic heterocycles. The Morgan fingerprint density at radius 3 is 2.62 bits per heavy atom. The molecule has 0 unspecified atom stereocenters. The Kier molecular flexibility index (Phi) is 5.23. The van der Waals surface area contributed by atoms with Gasteiger partial charge in [-0.15, -0.1) is 11.6 Å². The number of benzene rings is 1. The predicted octanol–water partition coefficient (Wildman–Crippen LogP) is 4.22. The van der Waals surface area contributed by atoms with Crippen molar-refractivity contribution in [2.24, 2.45) is 0 Å². The van der Waals surface area contributed by atoms with Gasteiger partial charge in [-0.3, -0.25) is 4.79 Å². The predicted molar refractivity (Wildman–Crippen MR) is 84.8 cm³/mol. The van der Waals surface area contributed by atoms with Gasteiger partial charge >= 0.3 is 0 Å². The van der Waals surface area contributed by atoms with E-state index in [1.165, 1.54) is 0 Å². The molecule has 0 bridgehead atoms. The lowest BCUT2D eigenvalue weighted by Gasteiger charge is -2.25. The molecular formula is C17H18ClNO2. The minimum atomic E-state index is -0.149. The summed E-state index contributed by atoms with van der Waals surface area (Å²) in [5.41, 5.74) is 2.97. The van der Waals surface area contributed by atoms with E-state index in [9.17, 15) is 4.79 Å². The van der Waals surface area contributed by atoms with Crippen molar-refractivity contribution < 1.29 is 9.21 Å². The summed E-state index contributed by atoms with van der Waals surface area (Å²) in [6.45, 7) is 4.31. The summed E-state index contributed by atoms with van der Waals surface area (Å²) < 4.78 is 5.36. The Morgan fingerprint density at radius 1 is 1.29 bits per heavy atom. The largest absolute Gasteiger partial charge is 0.467 e. The van der Waals surface area contributed by atoms with E-state index in [1.54, 1.807) is 11.2 Å². The summed E-state index contributed by atoms with van der Waals surface area (Å²) in [5, 5.41) is 0. The van der Waals surface area contributed by atoms with E-state index in [0.29, 0.717) is 6.54 Å². The van der Waals surface area contributed by atoms with Crippen molar-refractivity contribution >= 4 is 23.2 Å². The Morgan fingerprint density at radius 2 is 2.05 bits per heavy atom.